The lowest BCUT2D eigenvalue weighted by molar-refractivity contribution is 0.282. The quantitative estimate of drug-likeness (QED) is 0.539. The average Bonchev–Trinajstić information content (AvgIpc) is 2.72. The summed E-state index contributed by atoms with van der Waals surface area (Å²) in [6, 6.07) is 0. The van der Waals surface area contributed by atoms with Crippen molar-refractivity contribution in [3.8, 4) is 0 Å². The van der Waals surface area contributed by atoms with E-state index in [-0.39, 0.29) is 0 Å². The van der Waals surface area contributed by atoms with Gasteiger partial charge in [-0.05, 0) is 36.8 Å². The average molecular weight is 401 g/mol. The minimum atomic E-state index is 0.777. The van der Waals surface area contributed by atoms with Gasteiger partial charge >= 0.3 is 0 Å². The maximum absolute atomic E-state index is 4.49. The third-order valence-electron chi connectivity index (χ3n) is 4.57. The first-order chi connectivity index (χ1) is 14.4. The largest absolute Gasteiger partial charge is 0.390 e. The van der Waals surface area contributed by atoms with E-state index < -0.39 is 0 Å². The highest BCUT2D eigenvalue weighted by molar-refractivity contribution is 5.71. The summed E-state index contributed by atoms with van der Waals surface area (Å²) < 4.78 is 0. The number of allylic oxidation sites excluding steroid dienone is 3. The van der Waals surface area contributed by atoms with Gasteiger partial charge in [0.25, 0.3) is 0 Å². The molecule has 3 N–H and O–H groups in total. The zero-order valence-electron chi connectivity index (χ0n) is 17.4. The van der Waals surface area contributed by atoms with Crippen LogP contribution in [0.1, 0.15) is 0 Å². The summed E-state index contributed by atoms with van der Waals surface area (Å²) in [5, 5.41) is 10.1. The molecular formula is C21H36N8. The van der Waals surface area contributed by atoms with E-state index in [1.54, 1.807) is 0 Å². The topological polar surface area (TPSA) is 79.7 Å². The van der Waals surface area contributed by atoms with Crippen LogP contribution >= 0.6 is 0 Å². The molecule has 0 aromatic heterocycles. The highest BCUT2D eigenvalue weighted by Gasteiger charge is 2.04. The Kier molecular flexibility index (Phi) is 13.0. The standard InChI is InChI=1S/C21H36N8/c1-4-22-10-16-28-18-12-24-6-2-7-25-13-19-29(17-11-23-5-1)21-15-27-9-3-8-26-14-20-28/h1-9,22,24,26H,10-21H2/b4-1+,6-2+,8-3+,23-5?,25-7?,27-9?. The Hall–Kier alpha value is -2.45. The molecule has 0 atom stereocenters. The van der Waals surface area contributed by atoms with Gasteiger partial charge in [0.05, 0.1) is 19.6 Å². The van der Waals surface area contributed by atoms with Gasteiger partial charge < -0.3 is 16.0 Å². The smallest absolute Gasteiger partial charge is 0.0516 e. The maximum Gasteiger partial charge on any atom is 0.0516 e. The van der Waals surface area contributed by atoms with Crippen LogP contribution in [0.4, 0.5) is 0 Å². The van der Waals surface area contributed by atoms with Crippen LogP contribution in [0.15, 0.2) is 51.8 Å². The molecular weight excluding hydrogens is 364 g/mol. The molecule has 8 nitrogen and oxygen atoms in total. The molecule has 0 saturated carbocycles. The molecule has 0 aliphatic carbocycles. The van der Waals surface area contributed by atoms with Gasteiger partial charge in [0.2, 0.25) is 0 Å². The molecule has 0 unspecified atom stereocenters. The Labute approximate surface area is 175 Å². The third kappa shape index (κ3) is 12.6. The van der Waals surface area contributed by atoms with Crippen molar-refractivity contribution in [3.63, 3.8) is 0 Å². The first-order valence-corrected chi connectivity index (χ1v) is 10.5. The minimum absolute atomic E-state index is 0.777. The molecule has 3 rings (SSSR count). The van der Waals surface area contributed by atoms with E-state index >= 15 is 0 Å². The van der Waals surface area contributed by atoms with Gasteiger partial charge in [0, 0.05) is 77.5 Å². The van der Waals surface area contributed by atoms with Crippen LogP contribution in [0.5, 0.6) is 0 Å². The number of hydrogen-bond acceptors (Lipinski definition) is 8. The second kappa shape index (κ2) is 16.5. The predicted molar refractivity (Wildman–Crippen MR) is 124 cm³/mol. The maximum atomic E-state index is 4.49. The monoisotopic (exact) mass is 400 g/mol. The molecule has 0 aromatic rings. The van der Waals surface area contributed by atoms with Crippen molar-refractivity contribution in [2.24, 2.45) is 15.0 Å². The Balaban J connectivity index is 2.05. The van der Waals surface area contributed by atoms with Crippen LogP contribution < -0.4 is 16.0 Å². The first-order valence-electron chi connectivity index (χ1n) is 10.5. The van der Waals surface area contributed by atoms with E-state index in [1.165, 1.54) is 0 Å². The van der Waals surface area contributed by atoms with E-state index in [0.29, 0.717) is 0 Å². The molecule has 0 aromatic carbocycles. The van der Waals surface area contributed by atoms with Gasteiger partial charge in [-0.25, -0.2) is 0 Å². The van der Waals surface area contributed by atoms with Crippen molar-refractivity contribution in [1.82, 2.24) is 25.8 Å². The number of nitrogens with zero attached hydrogens (tertiary/aromatic N) is 5. The summed E-state index contributed by atoms with van der Waals surface area (Å²) in [5.74, 6) is 0. The molecule has 0 radical (unpaired) electrons. The van der Waals surface area contributed by atoms with Crippen LogP contribution in [-0.4, -0.2) is 107 Å². The van der Waals surface area contributed by atoms with Crippen LogP contribution in [0.2, 0.25) is 0 Å². The fourth-order valence-corrected chi connectivity index (χ4v) is 2.93. The molecule has 160 valence electrons. The zero-order valence-corrected chi connectivity index (χ0v) is 17.4. The molecule has 0 spiro atoms. The van der Waals surface area contributed by atoms with Gasteiger partial charge in [-0.2, -0.15) is 0 Å². The van der Waals surface area contributed by atoms with Gasteiger partial charge in [-0.3, -0.25) is 24.8 Å². The minimum Gasteiger partial charge on any atom is -0.390 e. The summed E-state index contributed by atoms with van der Waals surface area (Å²) in [5.41, 5.74) is 0. The lowest BCUT2D eigenvalue weighted by atomic mass is 10.4. The molecule has 3 aliphatic heterocycles. The molecule has 0 saturated heterocycles. The predicted octanol–water partition coefficient (Wildman–Crippen LogP) is 0.140. The fraction of sp³-hybridized carbons (Fsp3) is 0.571. The fourth-order valence-electron chi connectivity index (χ4n) is 2.93. The Bertz CT molecular complexity index is 498. The SMILES string of the molecule is C1=NCCN2CCN=C/C=C/NCCN(CCN/C=C/1)CCN/C=C/C=NCC2. The number of rotatable bonds is 0. The molecule has 2 bridgehead atoms. The molecule has 29 heavy (non-hydrogen) atoms. The number of nitrogens with one attached hydrogen (secondary N) is 3. The summed E-state index contributed by atoms with van der Waals surface area (Å²) in [6.45, 7) is 10.7. The summed E-state index contributed by atoms with van der Waals surface area (Å²) in [4.78, 5) is 18.3. The van der Waals surface area contributed by atoms with Gasteiger partial charge in [0.15, 0.2) is 0 Å². The first kappa shape index (κ1) is 22.8. The van der Waals surface area contributed by atoms with E-state index in [4.69, 9.17) is 0 Å². The Morgan fingerprint density at radius 1 is 0.483 bits per heavy atom. The summed E-state index contributed by atoms with van der Waals surface area (Å²) in [7, 11) is 0. The Morgan fingerprint density at radius 2 is 0.828 bits per heavy atom. The lowest BCUT2D eigenvalue weighted by Gasteiger charge is -2.22. The van der Waals surface area contributed by atoms with Crippen LogP contribution in [-0.2, 0) is 0 Å². The van der Waals surface area contributed by atoms with Crippen molar-refractivity contribution in [2.45, 2.75) is 0 Å². The van der Waals surface area contributed by atoms with E-state index in [0.717, 1.165) is 78.5 Å². The summed E-state index contributed by atoms with van der Waals surface area (Å²) >= 11 is 0. The molecule has 0 amide bonds. The second-order valence-electron chi connectivity index (χ2n) is 6.79. The van der Waals surface area contributed by atoms with Crippen molar-refractivity contribution in [2.75, 3.05) is 78.5 Å². The van der Waals surface area contributed by atoms with Crippen molar-refractivity contribution in [1.29, 1.82) is 0 Å². The molecule has 3 aliphatic rings. The van der Waals surface area contributed by atoms with Gasteiger partial charge in [-0.15, -0.1) is 0 Å². The molecule has 8 heteroatoms. The van der Waals surface area contributed by atoms with Crippen LogP contribution in [0, 0.1) is 0 Å². The number of fused-ring (bicyclic) bond motifs is 18. The molecule has 3 heterocycles. The Morgan fingerprint density at radius 3 is 1.21 bits per heavy atom. The number of hydrogen-bond donors (Lipinski definition) is 3. The third-order valence-corrected chi connectivity index (χ3v) is 4.57. The second-order valence-corrected chi connectivity index (χ2v) is 6.79. The van der Waals surface area contributed by atoms with Crippen molar-refractivity contribution >= 4 is 18.6 Å². The highest BCUT2D eigenvalue weighted by Crippen LogP contribution is 1.91. The van der Waals surface area contributed by atoms with Crippen LogP contribution in [0.25, 0.3) is 0 Å². The zero-order chi connectivity index (χ0) is 20.2. The van der Waals surface area contributed by atoms with Crippen molar-refractivity contribution in [3.05, 3.63) is 36.8 Å². The van der Waals surface area contributed by atoms with E-state index in [2.05, 4.69) is 40.7 Å². The van der Waals surface area contributed by atoms with E-state index in [9.17, 15) is 0 Å². The van der Waals surface area contributed by atoms with Crippen molar-refractivity contribution < 1.29 is 0 Å². The van der Waals surface area contributed by atoms with E-state index in [1.807, 2.05) is 55.5 Å². The summed E-state index contributed by atoms with van der Waals surface area (Å²) in [6.07, 6.45) is 17.5. The normalized spacial score (nSPS) is 29.0. The number of aliphatic imine (C=N–C) groups is 3. The van der Waals surface area contributed by atoms with Gasteiger partial charge in [-0.1, -0.05) is 0 Å². The lowest BCUT2D eigenvalue weighted by Crippen LogP contribution is -2.38. The van der Waals surface area contributed by atoms with Crippen LogP contribution in [0.3, 0.4) is 0 Å². The highest BCUT2D eigenvalue weighted by atomic mass is 15.2. The van der Waals surface area contributed by atoms with Gasteiger partial charge in [0.1, 0.15) is 0 Å². The molecule has 0 fully saturated rings.